The molecule has 0 fully saturated rings. The molecule has 0 radical (unpaired) electrons. The number of amides is 1. The summed E-state index contributed by atoms with van der Waals surface area (Å²) in [5, 5.41) is 2.96. The van der Waals surface area contributed by atoms with Gasteiger partial charge in [-0.2, -0.15) is 0 Å². The van der Waals surface area contributed by atoms with Gasteiger partial charge in [-0.05, 0) is 18.6 Å². The predicted molar refractivity (Wildman–Crippen MR) is 43.2 cm³/mol. The Morgan fingerprint density at radius 3 is 2.50 bits per heavy atom. The van der Waals surface area contributed by atoms with Gasteiger partial charge in [-0.25, -0.2) is 0 Å². The van der Waals surface area contributed by atoms with Crippen LogP contribution >= 0.6 is 12.2 Å². The zero-order valence-electron chi connectivity index (χ0n) is 5.59. The first-order chi connectivity index (χ1) is 4.63. The van der Waals surface area contributed by atoms with Gasteiger partial charge in [0, 0.05) is 13.0 Å². The molecule has 0 aliphatic rings. The van der Waals surface area contributed by atoms with E-state index in [0.717, 1.165) is 0 Å². The molecule has 0 saturated heterocycles. The van der Waals surface area contributed by atoms with Crippen LogP contribution < -0.4 is 16.8 Å². The SMILES string of the molecule is NC(=O)CCCNC(N)=S. The number of rotatable bonds is 4. The lowest BCUT2D eigenvalue weighted by Crippen LogP contribution is -2.30. The maximum Gasteiger partial charge on any atom is 0.217 e. The van der Waals surface area contributed by atoms with Gasteiger partial charge in [0.25, 0.3) is 0 Å². The monoisotopic (exact) mass is 161 g/mol. The van der Waals surface area contributed by atoms with Crippen molar-refractivity contribution >= 4 is 23.2 Å². The maximum absolute atomic E-state index is 10.2. The van der Waals surface area contributed by atoms with Crippen LogP contribution in [0.3, 0.4) is 0 Å². The Bertz CT molecular complexity index is 121. The van der Waals surface area contributed by atoms with Gasteiger partial charge in [0.2, 0.25) is 5.91 Å². The number of carbonyl (C=O) groups is 1. The molecular weight excluding hydrogens is 150 g/mol. The molecule has 4 nitrogen and oxygen atoms in total. The van der Waals surface area contributed by atoms with Crippen molar-refractivity contribution in [3.8, 4) is 0 Å². The van der Waals surface area contributed by atoms with Crippen LogP contribution in [0, 0.1) is 0 Å². The minimum Gasteiger partial charge on any atom is -0.376 e. The zero-order chi connectivity index (χ0) is 7.98. The fourth-order valence-electron chi connectivity index (χ4n) is 0.474. The van der Waals surface area contributed by atoms with Gasteiger partial charge in [-0.3, -0.25) is 4.79 Å². The molecule has 0 heterocycles. The largest absolute Gasteiger partial charge is 0.376 e. The van der Waals surface area contributed by atoms with Crippen LogP contribution in [0.5, 0.6) is 0 Å². The molecule has 0 bridgehead atoms. The summed E-state index contributed by atoms with van der Waals surface area (Å²) in [6.07, 6.45) is 1.04. The fourth-order valence-corrected chi connectivity index (χ4v) is 0.576. The first kappa shape index (κ1) is 9.16. The molecule has 0 rings (SSSR count). The summed E-state index contributed by atoms with van der Waals surface area (Å²) in [7, 11) is 0. The van der Waals surface area contributed by atoms with Gasteiger partial charge in [0.05, 0.1) is 0 Å². The van der Waals surface area contributed by atoms with Crippen LogP contribution in [0.2, 0.25) is 0 Å². The summed E-state index contributed by atoms with van der Waals surface area (Å²) < 4.78 is 0. The lowest BCUT2D eigenvalue weighted by Gasteiger charge is -2.00. The summed E-state index contributed by atoms with van der Waals surface area (Å²) in [5.41, 5.74) is 9.99. The highest BCUT2D eigenvalue weighted by atomic mass is 32.1. The van der Waals surface area contributed by atoms with E-state index in [1.807, 2.05) is 0 Å². The van der Waals surface area contributed by atoms with E-state index in [1.54, 1.807) is 0 Å². The number of carbonyl (C=O) groups excluding carboxylic acids is 1. The van der Waals surface area contributed by atoms with Crippen LogP contribution in [-0.2, 0) is 4.79 Å². The van der Waals surface area contributed by atoms with Crippen LogP contribution in [0.1, 0.15) is 12.8 Å². The van der Waals surface area contributed by atoms with Crippen molar-refractivity contribution in [1.29, 1.82) is 0 Å². The van der Waals surface area contributed by atoms with Gasteiger partial charge in [0.1, 0.15) is 0 Å². The second-order valence-corrected chi connectivity index (χ2v) is 2.30. The lowest BCUT2D eigenvalue weighted by molar-refractivity contribution is -0.118. The van der Waals surface area contributed by atoms with Crippen LogP contribution in [0.25, 0.3) is 0 Å². The molecule has 10 heavy (non-hydrogen) atoms. The van der Waals surface area contributed by atoms with Crippen molar-refractivity contribution in [1.82, 2.24) is 5.32 Å². The molecule has 0 saturated carbocycles. The zero-order valence-corrected chi connectivity index (χ0v) is 6.41. The molecule has 0 aliphatic heterocycles. The summed E-state index contributed by atoms with van der Waals surface area (Å²) in [6.45, 7) is 0.609. The van der Waals surface area contributed by atoms with Crippen LogP contribution in [-0.4, -0.2) is 17.6 Å². The lowest BCUT2D eigenvalue weighted by atomic mass is 10.3. The summed E-state index contributed by atoms with van der Waals surface area (Å²) >= 11 is 4.53. The highest BCUT2D eigenvalue weighted by molar-refractivity contribution is 7.80. The molecule has 0 aromatic heterocycles. The molecule has 58 valence electrons. The molecule has 0 aromatic carbocycles. The average Bonchev–Trinajstić information content (AvgIpc) is 1.79. The van der Waals surface area contributed by atoms with E-state index < -0.39 is 0 Å². The van der Waals surface area contributed by atoms with Crippen molar-refractivity contribution < 1.29 is 4.79 Å². The Kier molecular flexibility index (Phi) is 4.57. The van der Waals surface area contributed by atoms with E-state index in [2.05, 4.69) is 17.5 Å². The standard InChI is InChI=1S/C5H11N3OS/c6-4(9)2-1-3-8-5(7)10/h1-3H2,(H2,6,9)(H3,7,8,10). The van der Waals surface area contributed by atoms with E-state index in [4.69, 9.17) is 11.5 Å². The number of hydrogen-bond acceptors (Lipinski definition) is 2. The third kappa shape index (κ3) is 7.16. The number of hydrogen-bond donors (Lipinski definition) is 3. The first-order valence-electron chi connectivity index (χ1n) is 2.94. The highest BCUT2D eigenvalue weighted by Gasteiger charge is 1.92. The van der Waals surface area contributed by atoms with E-state index in [0.29, 0.717) is 19.4 Å². The summed E-state index contributed by atoms with van der Waals surface area (Å²) in [6, 6.07) is 0. The van der Waals surface area contributed by atoms with Gasteiger partial charge in [-0.1, -0.05) is 0 Å². The summed E-state index contributed by atoms with van der Waals surface area (Å²) in [4.78, 5) is 10.2. The number of primary amides is 1. The first-order valence-corrected chi connectivity index (χ1v) is 3.35. The van der Waals surface area contributed by atoms with Crippen LogP contribution in [0.15, 0.2) is 0 Å². The minimum atomic E-state index is -0.301. The predicted octanol–water partition coefficient (Wildman–Crippen LogP) is -0.915. The second-order valence-electron chi connectivity index (χ2n) is 1.86. The Labute approximate surface area is 64.9 Å². The van der Waals surface area contributed by atoms with Gasteiger partial charge in [0.15, 0.2) is 5.11 Å². The molecule has 0 aromatic rings. The Balaban J connectivity index is 3.06. The van der Waals surface area contributed by atoms with E-state index in [9.17, 15) is 4.79 Å². The number of nitrogens with two attached hydrogens (primary N) is 2. The molecule has 5 N–H and O–H groups in total. The van der Waals surface area contributed by atoms with E-state index in [-0.39, 0.29) is 11.0 Å². The highest BCUT2D eigenvalue weighted by Crippen LogP contribution is 1.83. The molecule has 0 atom stereocenters. The van der Waals surface area contributed by atoms with Gasteiger partial charge >= 0.3 is 0 Å². The summed E-state index contributed by atoms with van der Waals surface area (Å²) in [5.74, 6) is -0.301. The molecule has 0 aliphatic carbocycles. The maximum atomic E-state index is 10.2. The van der Waals surface area contributed by atoms with Crippen molar-refractivity contribution in [2.24, 2.45) is 11.5 Å². The third-order valence-electron chi connectivity index (χ3n) is 0.899. The Morgan fingerprint density at radius 2 is 2.10 bits per heavy atom. The van der Waals surface area contributed by atoms with Crippen LogP contribution in [0.4, 0.5) is 0 Å². The Morgan fingerprint density at radius 1 is 1.50 bits per heavy atom. The molecule has 1 amide bonds. The van der Waals surface area contributed by atoms with Gasteiger partial charge in [-0.15, -0.1) is 0 Å². The second kappa shape index (κ2) is 4.99. The minimum absolute atomic E-state index is 0.254. The number of thiocarbonyl (C=S) groups is 1. The Hall–Kier alpha value is -0.840. The normalized spacial score (nSPS) is 8.80. The van der Waals surface area contributed by atoms with Crippen molar-refractivity contribution in [3.63, 3.8) is 0 Å². The molecular formula is C5H11N3OS. The van der Waals surface area contributed by atoms with E-state index in [1.165, 1.54) is 0 Å². The topological polar surface area (TPSA) is 81.1 Å². The van der Waals surface area contributed by atoms with E-state index >= 15 is 0 Å². The van der Waals surface area contributed by atoms with Crippen molar-refractivity contribution in [3.05, 3.63) is 0 Å². The third-order valence-corrected chi connectivity index (χ3v) is 1.04. The fraction of sp³-hybridized carbons (Fsp3) is 0.600. The molecule has 0 unspecified atom stereocenters. The van der Waals surface area contributed by atoms with Crippen molar-refractivity contribution in [2.45, 2.75) is 12.8 Å². The quantitative estimate of drug-likeness (QED) is 0.368. The molecule has 5 heteroatoms. The van der Waals surface area contributed by atoms with Crippen molar-refractivity contribution in [2.75, 3.05) is 6.54 Å². The van der Waals surface area contributed by atoms with Gasteiger partial charge < -0.3 is 16.8 Å². The average molecular weight is 161 g/mol. The smallest absolute Gasteiger partial charge is 0.217 e. The molecule has 0 spiro atoms. The number of nitrogens with one attached hydrogen (secondary N) is 1.